The molecule has 3 nitrogen and oxygen atoms in total. The van der Waals surface area contributed by atoms with E-state index in [1.807, 2.05) is 18.2 Å². The summed E-state index contributed by atoms with van der Waals surface area (Å²) in [6, 6.07) is 17.9. The van der Waals surface area contributed by atoms with Crippen LogP contribution in [0.1, 0.15) is 132 Å². The van der Waals surface area contributed by atoms with E-state index in [2.05, 4.69) is 128 Å². The van der Waals surface area contributed by atoms with Gasteiger partial charge >= 0.3 is 257 Å². The van der Waals surface area contributed by atoms with Crippen LogP contribution in [0.5, 0.6) is 0 Å². The molecule has 0 atom stereocenters. The van der Waals surface area contributed by atoms with E-state index < -0.39 is 12.7 Å². The number of benzene rings is 3. The second-order valence-corrected chi connectivity index (χ2v) is 20.4. The van der Waals surface area contributed by atoms with E-state index >= 15 is 0 Å². The van der Waals surface area contributed by atoms with Gasteiger partial charge in [-0.1, -0.05) is 0 Å². The van der Waals surface area contributed by atoms with E-state index in [0.29, 0.717) is 5.56 Å². The van der Waals surface area contributed by atoms with Gasteiger partial charge in [0.15, 0.2) is 0 Å². The molecule has 0 unspecified atom stereocenters. The first-order chi connectivity index (χ1) is 18.5. The van der Waals surface area contributed by atoms with Crippen LogP contribution in [-0.4, -0.2) is 14.7 Å². The van der Waals surface area contributed by atoms with Crippen molar-refractivity contribution in [3.8, 4) is 11.1 Å². The molecule has 0 spiro atoms. The van der Waals surface area contributed by atoms with Gasteiger partial charge in [0.25, 0.3) is 0 Å². The molecule has 3 aromatic carbocycles. The Morgan fingerprint density at radius 2 is 0.738 bits per heavy atom. The molecular formula is C38H57O3P. The van der Waals surface area contributed by atoms with Crippen molar-refractivity contribution in [1.29, 1.82) is 0 Å². The van der Waals surface area contributed by atoms with Crippen LogP contribution in [-0.2, 0) is 27.1 Å². The first-order valence-corrected chi connectivity index (χ1v) is 17.4. The summed E-state index contributed by atoms with van der Waals surface area (Å²) < 4.78 is 0. The molecule has 0 aliphatic heterocycles. The fraction of sp³-hybridized carbons (Fsp3) is 0.526. The van der Waals surface area contributed by atoms with Gasteiger partial charge in [-0.2, -0.15) is 0 Å². The zero-order chi connectivity index (χ0) is 32.5. The van der Waals surface area contributed by atoms with E-state index in [0.717, 1.165) is 27.8 Å². The molecule has 3 N–H and O–H groups in total. The van der Waals surface area contributed by atoms with Gasteiger partial charge in [-0.25, -0.2) is 0 Å². The third-order valence-electron chi connectivity index (χ3n) is 8.40. The fourth-order valence-electron chi connectivity index (χ4n) is 5.54. The Morgan fingerprint density at radius 1 is 0.381 bits per heavy atom. The van der Waals surface area contributed by atoms with Gasteiger partial charge in [0, 0.05) is 0 Å². The van der Waals surface area contributed by atoms with Crippen molar-refractivity contribution < 1.29 is 14.7 Å². The molecule has 0 aliphatic carbocycles. The molecule has 0 saturated heterocycles. The minimum atomic E-state index is -5.65. The Hall–Kier alpha value is -2.03. The molecule has 0 saturated carbocycles. The summed E-state index contributed by atoms with van der Waals surface area (Å²) in [5.74, 6) is 0. The van der Waals surface area contributed by atoms with Crippen LogP contribution in [0, 0.1) is 0 Å². The van der Waals surface area contributed by atoms with Crippen LogP contribution >= 0.6 is 7.28 Å². The third kappa shape index (κ3) is 6.86. The van der Waals surface area contributed by atoms with Crippen molar-refractivity contribution in [3.05, 3.63) is 82.4 Å². The van der Waals surface area contributed by atoms with Crippen molar-refractivity contribution >= 4 is 17.9 Å². The van der Waals surface area contributed by atoms with E-state index in [-0.39, 0.29) is 32.3 Å². The van der Waals surface area contributed by atoms with Crippen LogP contribution in [0.4, 0.5) is 0 Å². The van der Waals surface area contributed by atoms with Crippen molar-refractivity contribution in [3.63, 3.8) is 0 Å². The molecule has 0 radical (unpaired) electrons. The van der Waals surface area contributed by atoms with Crippen molar-refractivity contribution in [2.24, 2.45) is 0 Å². The van der Waals surface area contributed by atoms with Gasteiger partial charge in [0.2, 0.25) is 0 Å². The second-order valence-electron chi connectivity index (χ2n) is 17.5. The van der Waals surface area contributed by atoms with Gasteiger partial charge in [-0.15, -0.1) is 0 Å². The monoisotopic (exact) mass is 592 g/mol. The zero-order valence-electron chi connectivity index (χ0n) is 29.0. The van der Waals surface area contributed by atoms with Crippen LogP contribution in [0.2, 0.25) is 0 Å². The Morgan fingerprint density at radius 3 is 1.14 bits per heavy atom. The van der Waals surface area contributed by atoms with Crippen LogP contribution in [0.3, 0.4) is 0 Å². The summed E-state index contributed by atoms with van der Waals surface area (Å²) in [6.45, 7) is 32.2. The summed E-state index contributed by atoms with van der Waals surface area (Å²) in [7, 11) is -5.65. The zero-order valence-corrected chi connectivity index (χ0v) is 29.9. The van der Waals surface area contributed by atoms with E-state index in [1.54, 1.807) is 12.1 Å². The topological polar surface area (TPSA) is 60.7 Å². The first kappa shape index (κ1) is 34.5. The minimum absolute atomic E-state index is 0.0465. The maximum atomic E-state index is 12.4. The standard InChI is InChI=1S/C38H57O3P/c1-34(2,3)25-17-20-32(29(22-25)28-19-16-26(35(4,5)6)23-30(28)37(10,11)12)42(39,40,41)33-21-18-27(36(7,8)9)24-31(33)38(13,14)15/h16-24,39-41H,1-15H3. The van der Waals surface area contributed by atoms with Gasteiger partial charge in [-0.05, 0) is 0 Å². The summed E-state index contributed by atoms with van der Waals surface area (Å²) in [4.78, 5) is 37.2. The molecule has 0 amide bonds. The van der Waals surface area contributed by atoms with Gasteiger partial charge < -0.3 is 0 Å². The first-order valence-electron chi connectivity index (χ1n) is 15.3. The number of hydrogen-bond donors (Lipinski definition) is 3. The summed E-state index contributed by atoms with van der Waals surface area (Å²) >= 11 is 0. The second kappa shape index (κ2) is 10.3. The maximum absolute atomic E-state index is 12.4. The van der Waals surface area contributed by atoms with Crippen LogP contribution in [0.15, 0.2) is 54.6 Å². The molecule has 0 bridgehead atoms. The fourth-order valence-corrected chi connectivity index (χ4v) is 7.97. The van der Waals surface area contributed by atoms with E-state index in [9.17, 15) is 14.7 Å². The predicted octanol–water partition coefficient (Wildman–Crippen LogP) is 9.07. The molecule has 42 heavy (non-hydrogen) atoms. The average Bonchev–Trinajstić information content (AvgIpc) is 2.80. The predicted molar refractivity (Wildman–Crippen MR) is 185 cm³/mol. The van der Waals surface area contributed by atoms with E-state index in [1.165, 1.54) is 5.56 Å². The summed E-state index contributed by atoms with van der Waals surface area (Å²) in [6.07, 6.45) is 0. The SMILES string of the molecule is CC(C)(C)c1ccc(P(O)(O)(O)c2ccc(C(C)(C)C)cc2C(C)(C)C)c(-c2ccc(C(C)(C)C)cc2C(C)(C)C)c1. The molecule has 4 heteroatoms. The summed E-state index contributed by atoms with van der Waals surface area (Å²) in [5, 5.41) is 0.381. The van der Waals surface area contributed by atoms with Crippen LogP contribution in [0.25, 0.3) is 11.1 Å². The van der Waals surface area contributed by atoms with Gasteiger partial charge in [0.05, 0.1) is 0 Å². The van der Waals surface area contributed by atoms with Crippen LogP contribution < -0.4 is 10.6 Å². The average molecular weight is 593 g/mol. The van der Waals surface area contributed by atoms with Crippen molar-refractivity contribution in [2.75, 3.05) is 0 Å². The Bertz CT molecular complexity index is 1470. The molecule has 232 valence electrons. The molecule has 0 fully saturated rings. The van der Waals surface area contributed by atoms with Crippen molar-refractivity contribution in [2.45, 2.75) is 131 Å². The molecule has 3 rings (SSSR count). The Balaban J connectivity index is 2.53. The number of rotatable bonds is 3. The van der Waals surface area contributed by atoms with E-state index in [4.69, 9.17) is 0 Å². The Labute approximate surface area is 256 Å². The number of hydrogen-bond acceptors (Lipinski definition) is 3. The molecule has 0 heterocycles. The molecule has 0 aliphatic rings. The molecular weight excluding hydrogens is 535 g/mol. The third-order valence-corrected chi connectivity index (χ3v) is 11.0. The Kier molecular flexibility index (Phi) is 8.42. The normalized spacial score (nSPS) is 15.0. The molecule has 3 aromatic rings. The van der Waals surface area contributed by atoms with Gasteiger partial charge in [-0.3, -0.25) is 0 Å². The van der Waals surface area contributed by atoms with Crippen molar-refractivity contribution in [1.82, 2.24) is 0 Å². The van der Waals surface area contributed by atoms with Gasteiger partial charge in [0.1, 0.15) is 0 Å². The quantitative estimate of drug-likeness (QED) is 0.266. The summed E-state index contributed by atoms with van der Waals surface area (Å²) in [5.41, 5.74) is 5.75. The molecule has 0 aromatic heterocycles.